The van der Waals surface area contributed by atoms with Crippen molar-refractivity contribution >= 4 is 10.9 Å². The molecule has 78 valence electrons. The Labute approximate surface area is 86.8 Å². The monoisotopic (exact) mass is 204 g/mol. The van der Waals surface area contributed by atoms with Crippen molar-refractivity contribution in [2.45, 2.75) is 13.0 Å². The van der Waals surface area contributed by atoms with Crippen molar-refractivity contribution in [3.8, 4) is 0 Å². The molecule has 0 amide bonds. The molecule has 0 radical (unpaired) electrons. The number of aryl methyl sites for hydroxylation is 1. The Hall–Kier alpha value is -1.68. The fourth-order valence-electron chi connectivity index (χ4n) is 1.58. The third kappa shape index (κ3) is 1.89. The van der Waals surface area contributed by atoms with Gasteiger partial charge in [-0.3, -0.25) is 4.57 Å². The molecule has 2 rings (SSSR count). The van der Waals surface area contributed by atoms with Crippen LogP contribution < -0.4 is 5.69 Å². The second kappa shape index (κ2) is 4.23. The van der Waals surface area contributed by atoms with E-state index in [9.17, 15) is 4.79 Å². The van der Waals surface area contributed by atoms with E-state index in [0.29, 0.717) is 13.0 Å². The molecule has 0 atom stereocenters. The molecule has 4 heteroatoms. The zero-order valence-electron chi connectivity index (χ0n) is 8.26. The van der Waals surface area contributed by atoms with E-state index in [1.807, 2.05) is 24.3 Å². The summed E-state index contributed by atoms with van der Waals surface area (Å²) in [5, 5.41) is 9.69. The summed E-state index contributed by atoms with van der Waals surface area (Å²) in [4.78, 5) is 15.3. The number of para-hydroxylation sites is 1. The maximum absolute atomic E-state index is 11.5. The minimum absolute atomic E-state index is 0.0790. The summed E-state index contributed by atoms with van der Waals surface area (Å²) < 4.78 is 1.59. The molecule has 0 unspecified atom stereocenters. The molecule has 0 saturated carbocycles. The Morgan fingerprint density at radius 2 is 2.13 bits per heavy atom. The van der Waals surface area contributed by atoms with Crippen LogP contribution in [-0.2, 0) is 6.54 Å². The lowest BCUT2D eigenvalue weighted by Gasteiger charge is -2.07. The topological polar surface area (TPSA) is 55.1 Å². The van der Waals surface area contributed by atoms with Gasteiger partial charge in [0.15, 0.2) is 0 Å². The highest BCUT2D eigenvalue weighted by Crippen LogP contribution is 2.09. The smallest absolute Gasteiger partial charge is 0.348 e. The van der Waals surface area contributed by atoms with Gasteiger partial charge in [0.25, 0.3) is 0 Å². The largest absolute Gasteiger partial charge is 0.396 e. The summed E-state index contributed by atoms with van der Waals surface area (Å²) >= 11 is 0. The molecule has 2 aromatic rings. The number of hydrogen-bond acceptors (Lipinski definition) is 3. The average molecular weight is 204 g/mol. The molecule has 0 fully saturated rings. The van der Waals surface area contributed by atoms with Crippen molar-refractivity contribution in [3.63, 3.8) is 0 Å². The fraction of sp³-hybridized carbons (Fsp3) is 0.273. The molecule has 0 aliphatic rings. The number of aliphatic hydroxyl groups excluding tert-OH is 1. The first-order valence-electron chi connectivity index (χ1n) is 4.88. The van der Waals surface area contributed by atoms with E-state index < -0.39 is 0 Å². The predicted molar refractivity (Wildman–Crippen MR) is 57.7 cm³/mol. The third-order valence-corrected chi connectivity index (χ3v) is 2.31. The zero-order valence-corrected chi connectivity index (χ0v) is 8.26. The second-order valence-electron chi connectivity index (χ2n) is 3.33. The number of hydrogen-bond donors (Lipinski definition) is 1. The molecule has 0 aliphatic carbocycles. The molecular weight excluding hydrogens is 192 g/mol. The highest BCUT2D eigenvalue weighted by molar-refractivity contribution is 5.77. The quantitative estimate of drug-likeness (QED) is 0.803. The second-order valence-corrected chi connectivity index (χ2v) is 3.33. The van der Waals surface area contributed by atoms with Gasteiger partial charge in [-0.2, -0.15) is 0 Å². The molecule has 1 aromatic carbocycles. The number of nitrogens with zero attached hydrogens (tertiary/aromatic N) is 2. The lowest BCUT2D eigenvalue weighted by Crippen LogP contribution is -2.23. The Morgan fingerprint density at radius 1 is 1.33 bits per heavy atom. The highest BCUT2D eigenvalue weighted by atomic mass is 16.3. The van der Waals surface area contributed by atoms with Crippen molar-refractivity contribution in [2.75, 3.05) is 6.61 Å². The molecule has 4 nitrogen and oxygen atoms in total. The molecule has 1 aromatic heterocycles. The summed E-state index contributed by atoms with van der Waals surface area (Å²) in [5.41, 5.74) is 0.605. The van der Waals surface area contributed by atoms with Crippen LogP contribution in [0.3, 0.4) is 0 Å². The lowest BCUT2D eigenvalue weighted by atomic mass is 10.2. The number of benzene rings is 1. The van der Waals surface area contributed by atoms with Crippen LogP contribution >= 0.6 is 0 Å². The summed E-state index contributed by atoms with van der Waals surface area (Å²) in [6.45, 7) is 0.583. The molecule has 0 spiro atoms. The van der Waals surface area contributed by atoms with Gasteiger partial charge in [0.05, 0.1) is 5.52 Å². The number of fused-ring (bicyclic) bond motifs is 1. The Bertz CT molecular complexity index is 519. The lowest BCUT2D eigenvalue weighted by molar-refractivity contribution is 0.279. The van der Waals surface area contributed by atoms with Crippen LogP contribution in [0.25, 0.3) is 10.9 Å². The Morgan fingerprint density at radius 3 is 2.93 bits per heavy atom. The first kappa shape index (κ1) is 9.86. The van der Waals surface area contributed by atoms with Crippen LogP contribution in [0.15, 0.2) is 35.3 Å². The van der Waals surface area contributed by atoms with E-state index in [1.165, 1.54) is 0 Å². The van der Waals surface area contributed by atoms with E-state index >= 15 is 0 Å². The van der Waals surface area contributed by atoms with Gasteiger partial charge in [0, 0.05) is 24.7 Å². The van der Waals surface area contributed by atoms with Gasteiger partial charge in [-0.05, 0) is 12.5 Å². The van der Waals surface area contributed by atoms with Crippen molar-refractivity contribution in [2.24, 2.45) is 0 Å². The van der Waals surface area contributed by atoms with Gasteiger partial charge in [0.2, 0.25) is 0 Å². The van der Waals surface area contributed by atoms with E-state index in [0.717, 1.165) is 10.9 Å². The van der Waals surface area contributed by atoms with Crippen molar-refractivity contribution in [3.05, 3.63) is 40.9 Å². The minimum Gasteiger partial charge on any atom is -0.396 e. The van der Waals surface area contributed by atoms with Crippen LogP contribution in [0.4, 0.5) is 0 Å². The third-order valence-electron chi connectivity index (χ3n) is 2.31. The molecular formula is C11H12N2O2. The maximum Gasteiger partial charge on any atom is 0.348 e. The van der Waals surface area contributed by atoms with Crippen LogP contribution in [0.5, 0.6) is 0 Å². The SMILES string of the molecule is O=c1ncc2ccccc2n1CCCO. The van der Waals surface area contributed by atoms with Gasteiger partial charge in [0.1, 0.15) is 0 Å². The maximum atomic E-state index is 11.5. The summed E-state index contributed by atoms with van der Waals surface area (Å²) in [6, 6.07) is 7.59. The highest BCUT2D eigenvalue weighted by Gasteiger charge is 2.02. The van der Waals surface area contributed by atoms with E-state index in [1.54, 1.807) is 10.8 Å². The van der Waals surface area contributed by atoms with E-state index in [2.05, 4.69) is 4.98 Å². The first-order valence-corrected chi connectivity index (χ1v) is 4.88. The van der Waals surface area contributed by atoms with Gasteiger partial charge in [-0.25, -0.2) is 9.78 Å². The van der Waals surface area contributed by atoms with Crippen molar-refractivity contribution in [1.29, 1.82) is 0 Å². The molecule has 1 N–H and O–H groups in total. The number of aromatic nitrogens is 2. The van der Waals surface area contributed by atoms with Crippen molar-refractivity contribution < 1.29 is 5.11 Å². The fourth-order valence-corrected chi connectivity index (χ4v) is 1.58. The first-order chi connectivity index (χ1) is 7.33. The standard InChI is InChI=1S/C11H12N2O2/c14-7-3-6-13-10-5-2-1-4-9(10)8-12-11(13)15/h1-2,4-5,8,14H,3,6-7H2. The Balaban J connectivity index is 2.58. The Kier molecular flexibility index (Phi) is 2.78. The molecule has 0 aliphatic heterocycles. The van der Waals surface area contributed by atoms with Crippen LogP contribution in [0, 0.1) is 0 Å². The minimum atomic E-state index is -0.262. The van der Waals surface area contributed by atoms with Crippen LogP contribution in [0.2, 0.25) is 0 Å². The van der Waals surface area contributed by atoms with Crippen molar-refractivity contribution in [1.82, 2.24) is 9.55 Å². The van der Waals surface area contributed by atoms with E-state index in [4.69, 9.17) is 5.11 Å². The normalized spacial score (nSPS) is 10.7. The molecule has 15 heavy (non-hydrogen) atoms. The van der Waals surface area contributed by atoms with Gasteiger partial charge >= 0.3 is 5.69 Å². The summed E-state index contributed by atoms with van der Waals surface area (Å²) in [6.07, 6.45) is 2.14. The number of aliphatic hydroxyl groups is 1. The predicted octanol–water partition coefficient (Wildman–Crippen LogP) is 0.779. The molecule has 0 saturated heterocycles. The van der Waals surface area contributed by atoms with Crippen LogP contribution in [-0.4, -0.2) is 21.3 Å². The molecule has 1 heterocycles. The number of rotatable bonds is 3. The van der Waals surface area contributed by atoms with Gasteiger partial charge < -0.3 is 5.11 Å². The van der Waals surface area contributed by atoms with E-state index in [-0.39, 0.29) is 12.3 Å². The molecule has 0 bridgehead atoms. The zero-order chi connectivity index (χ0) is 10.7. The van der Waals surface area contributed by atoms with Gasteiger partial charge in [-0.1, -0.05) is 18.2 Å². The average Bonchev–Trinajstić information content (AvgIpc) is 2.28. The summed E-state index contributed by atoms with van der Waals surface area (Å²) in [7, 11) is 0. The van der Waals surface area contributed by atoms with Crippen LogP contribution in [0.1, 0.15) is 6.42 Å². The summed E-state index contributed by atoms with van der Waals surface area (Å²) in [5.74, 6) is 0. The van der Waals surface area contributed by atoms with Gasteiger partial charge in [-0.15, -0.1) is 0 Å².